The topological polar surface area (TPSA) is 69.7 Å². The van der Waals surface area contributed by atoms with E-state index >= 15 is 0 Å². The second kappa shape index (κ2) is 5.02. The Hall–Kier alpha value is -0.870. The molecule has 1 saturated heterocycles. The van der Waals surface area contributed by atoms with Gasteiger partial charge in [0.15, 0.2) is 0 Å². The number of hydrogen-bond acceptors (Lipinski definition) is 4. The minimum absolute atomic E-state index is 0.0759. The van der Waals surface area contributed by atoms with E-state index in [4.69, 9.17) is 0 Å². The maximum absolute atomic E-state index is 12.5. The molecule has 1 atom stereocenters. The Bertz CT molecular complexity index is 421. The molecule has 1 aliphatic heterocycles. The molecule has 0 spiro atoms. The van der Waals surface area contributed by atoms with Gasteiger partial charge in [-0.3, -0.25) is 4.79 Å². The van der Waals surface area contributed by atoms with Crippen LogP contribution in [0.3, 0.4) is 0 Å². The lowest BCUT2D eigenvalue weighted by atomic mass is 10.2. The van der Waals surface area contributed by atoms with Crippen LogP contribution in [0.1, 0.15) is 0 Å². The van der Waals surface area contributed by atoms with Gasteiger partial charge in [0.25, 0.3) is 0 Å². The molecule has 1 rings (SSSR count). The third kappa shape index (κ3) is 2.75. The highest BCUT2D eigenvalue weighted by Crippen LogP contribution is 2.29. The number of likely N-dealkylation sites (N-methyl/N-ethyl adjacent to an activating group) is 1. The van der Waals surface area contributed by atoms with Crippen LogP contribution in [0.2, 0.25) is 0 Å². The molecule has 0 aromatic carbocycles. The maximum atomic E-state index is 12.5. The van der Waals surface area contributed by atoms with Crippen LogP contribution in [0.4, 0.5) is 13.2 Å². The van der Waals surface area contributed by atoms with Gasteiger partial charge in [0, 0.05) is 33.7 Å². The lowest BCUT2D eigenvalue weighted by molar-refractivity contribution is -0.133. The molecule has 1 fully saturated rings. The minimum Gasteiger partial charge on any atom is -0.347 e. The van der Waals surface area contributed by atoms with Crippen molar-refractivity contribution in [1.82, 2.24) is 14.5 Å². The van der Waals surface area contributed by atoms with Crippen molar-refractivity contribution in [3.05, 3.63) is 0 Å². The molecule has 18 heavy (non-hydrogen) atoms. The number of carbonyl (C=O) groups excluding carboxylic acids is 1. The fourth-order valence-electron chi connectivity index (χ4n) is 1.61. The summed E-state index contributed by atoms with van der Waals surface area (Å²) in [7, 11) is -2.77. The first-order valence-electron chi connectivity index (χ1n) is 5.09. The summed E-state index contributed by atoms with van der Waals surface area (Å²) in [6.45, 7) is -0.440. The molecular weight excluding hydrogens is 275 g/mol. The number of halogens is 3. The number of hydrogen-bond donors (Lipinski definition) is 1. The second-order valence-corrected chi connectivity index (χ2v) is 5.90. The van der Waals surface area contributed by atoms with Crippen molar-refractivity contribution in [3.8, 4) is 0 Å². The van der Waals surface area contributed by atoms with Gasteiger partial charge in [-0.1, -0.05) is 0 Å². The summed E-state index contributed by atoms with van der Waals surface area (Å²) in [6.07, 6.45) is 0. The van der Waals surface area contributed by atoms with Gasteiger partial charge in [0.05, 0.1) is 0 Å². The fourth-order valence-corrected chi connectivity index (χ4v) is 2.71. The lowest BCUT2D eigenvalue weighted by Gasteiger charge is -2.35. The van der Waals surface area contributed by atoms with E-state index in [0.717, 1.165) is 4.90 Å². The SMILES string of the molecule is CN(C)C(=O)C1CNCCN1S(=O)(=O)C(F)(F)F. The molecular formula is C8H14F3N3O3S. The van der Waals surface area contributed by atoms with Gasteiger partial charge >= 0.3 is 15.5 Å². The van der Waals surface area contributed by atoms with Gasteiger partial charge < -0.3 is 10.2 Å². The van der Waals surface area contributed by atoms with Crippen LogP contribution in [0.5, 0.6) is 0 Å². The predicted molar refractivity (Wildman–Crippen MR) is 57.0 cm³/mol. The first-order chi connectivity index (χ1) is 8.09. The largest absolute Gasteiger partial charge is 0.511 e. The van der Waals surface area contributed by atoms with Gasteiger partial charge in [0.2, 0.25) is 5.91 Å². The molecule has 1 unspecified atom stereocenters. The first-order valence-corrected chi connectivity index (χ1v) is 6.53. The van der Waals surface area contributed by atoms with Crippen LogP contribution in [0, 0.1) is 0 Å². The number of piperazine rings is 1. The smallest absolute Gasteiger partial charge is 0.347 e. The monoisotopic (exact) mass is 289 g/mol. The molecule has 0 radical (unpaired) electrons. The molecule has 0 aromatic heterocycles. The average Bonchev–Trinajstić information content (AvgIpc) is 2.26. The van der Waals surface area contributed by atoms with Crippen molar-refractivity contribution >= 4 is 15.9 Å². The number of rotatable bonds is 2. The fraction of sp³-hybridized carbons (Fsp3) is 0.875. The summed E-state index contributed by atoms with van der Waals surface area (Å²) in [5.74, 6) is -0.685. The van der Waals surface area contributed by atoms with Gasteiger partial charge in [-0.25, -0.2) is 8.42 Å². The molecule has 0 bridgehead atoms. The summed E-state index contributed by atoms with van der Waals surface area (Å²) in [6, 6.07) is -1.36. The number of amides is 1. The van der Waals surface area contributed by atoms with Crippen LogP contribution in [-0.2, 0) is 14.8 Å². The van der Waals surface area contributed by atoms with Crippen molar-refractivity contribution in [2.75, 3.05) is 33.7 Å². The standard InChI is InChI=1S/C8H14F3N3O3S/c1-13(2)7(15)6-5-12-3-4-14(6)18(16,17)8(9,10)11/h6,12H,3-5H2,1-2H3. The molecule has 10 heteroatoms. The van der Waals surface area contributed by atoms with Crippen molar-refractivity contribution in [3.63, 3.8) is 0 Å². The van der Waals surface area contributed by atoms with Crippen molar-refractivity contribution < 1.29 is 26.4 Å². The van der Waals surface area contributed by atoms with Crippen LogP contribution in [0.25, 0.3) is 0 Å². The van der Waals surface area contributed by atoms with Gasteiger partial charge in [-0.15, -0.1) is 0 Å². The van der Waals surface area contributed by atoms with Crippen molar-refractivity contribution in [2.45, 2.75) is 11.6 Å². The number of nitrogens with zero attached hydrogens (tertiary/aromatic N) is 2. The zero-order chi connectivity index (χ0) is 14.1. The van der Waals surface area contributed by atoms with Crippen LogP contribution >= 0.6 is 0 Å². The number of carbonyl (C=O) groups is 1. The second-order valence-electron chi connectivity index (χ2n) is 4.01. The number of nitrogens with one attached hydrogen (secondary N) is 1. The molecule has 1 heterocycles. The van der Waals surface area contributed by atoms with E-state index in [1.54, 1.807) is 0 Å². The van der Waals surface area contributed by atoms with Crippen LogP contribution in [-0.4, -0.2) is 68.8 Å². The summed E-state index contributed by atoms with van der Waals surface area (Å²) >= 11 is 0. The first kappa shape index (κ1) is 15.2. The predicted octanol–water partition coefficient (Wildman–Crippen LogP) is -0.802. The summed E-state index contributed by atoms with van der Waals surface area (Å²) in [5.41, 5.74) is -5.39. The highest BCUT2D eigenvalue weighted by molar-refractivity contribution is 7.90. The number of alkyl halides is 3. The maximum Gasteiger partial charge on any atom is 0.511 e. The quantitative estimate of drug-likeness (QED) is 0.722. The van der Waals surface area contributed by atoms with Gasteiger partial charge in [0.1, 0.15) is 6.04 Å². The van der Waals surface area contributed by atoms with E-state index < -0.39 is 27.5 Å². The molecule has 106 valence electrons. The zero-order valence-electron chi connectivity index (χ0n) is 9.86. The molecule has 0 aliphatic carbocycles. The Labute approximate surface area is 103 Å². The third-order valence-electron chi connectivity index (χ3n) is 2.52. The highest BCUT2D eigenvalue weighted by Gasteiger charge is 2.53. The molecule has 1 aliphatic rings. The molecule has 1 N–H and O–H groups in total. The summed E-state index contributed by atoms with van der Waals surface area (Å²) in [5, 5.41) is 2.70. The Balaban J connectivity index is 3.08. The Morgan fingerprint density at radius 1 is 1.39 bits per heavy atom. The molecule has 1 amide bonds. The average molecular weight is 289 g/mol. The van der Waals surface area contributed by atoms with Gasteiger partial charge in [-0.05, 0) is 0 Å². The lowest BCUT2D eigenvalue weighted by Crippen LogP contribution is -2.61. The normalized spacial score (nSPS) is 22.8. The Morgan fingerprint density at radius 2 is 1.94 bits per heavy atom. The highest BCUT2D eigenvalue weighted by atomic mass is 32.2. The van der Waals surface area contributed by atoms with Crippen LogP contribution < -0.4 is 5.32 Å². The van der Waals surface area contributed by atoms with E-state index in [1.165, 1.54) is 14.1 Å². The number of sulfonamides is 1. The Kier molecular flexibility index (Phi) is 4.23. The van der Waals surface area contributed by atoms with E-state index in [2.05, 4.69) is 5.32 Å². The van der Waals surface area contributed by atoms with Crippen molar-refractivity contribution in [2.24, 2.45) is 0 Å². The molecule has 0 saturated carbocycles. The summed E-state index contributed by atoms with van der Waals surface area (Å²) < 4.78 is 60.4. The summed E-state index contributed by atoms with van der Waals surface area (Å²) in [4.78, 5) is 12.8. The molecule has 6 nitrogen and oxygen atoms in total. The van der Waals surface area contributed by atoms with Crippen molar-refractivity contribution in [1.29, 1.82) is 0 Å². The Morgan fingerprint density at radius 3 is 2.39 bits per heavy atom. The van der Waals surface area contributed by atoms with E-state index in [1.807, 2.05) is 0 Å². The molecule has 0 aromatic rings. The van der Waals surface area contributed by atoms with E-state index in [9.17, 15) is 26.4 Å². The third-order valence-corrected chi connectivity index (χ3v) is 4.16. The van der Waals surface area contributed by atoms with Gasteiger partial charge in [-0.2, -0.15) is 17.5 Å². The van der Waals surface area contributed by atoms with Crippen LogP contribution in [0.15, 0.2) is 0 Å². The minimum atomic E-state index is -5.48. The van der Waals surface area contributed by atoms with E-state index in [0.29, 0.717) is 0 Å². The zero-order valence-corrected chi connectivity index (χ0v) is 10.7. The van der Waals surface area contributed by atoms with E-state index in [-0.39, 0.29) is 23.9 Å².